The molecular formula is C7H19N2NaO5S3. The molecule has 0 atom stereocenters. The van der Waals surface area contributed by atoms with E-state index in [0.717, 1.165) is 0 Å². The molecule has 7 nitrogen and oxygen atoms in total. The van der Waals surface area contributed by atoms with Gasteiger partial charge in [0.1, 0.15) is 0 Å². The van der Waals surface area contributed by atoms with Gasteiger partial charge < -0.3 is 12.1 Å². The number of hydrogen-bond donors (Lipinski definition) is 4. The van der Waals surface area contributed by atoms with Crippen molar-refractivity contribution in [3.63, 3.8) is 0 Å². The van der Waals surface area contributed by atoms with Crippen LogP contribution in [0.25, 0.3) is 0 Å². The minimum Gasteiger partial charge on any atom is -1.00 e. The maximum absolute atomic E-state index is 9.93. The van der Waals surface area contributed by atoms with Gasteiger partial charge in [-0.05, 0) is 6.42 Å². The van der Waals surface area contributed by atoms with E-state index in [9.17, 15) is 13.2 Å². The summed E-state index contributed by atoms with van der Waals surface area (Å²) in [7, 11) is -0.378. The van der Waals surface area contributed by atoms with E-state index >= 15 is 0 Å². The molecule has 11 heteroatoms. The zero-order valence-electron chi connectivity index (χ0n) is 11.8. The predicted octanol–water partition coefficient (Wildman–Crippen LogP) is -2.01. The van der Waals surface area contributed by atoms with Gasteiger partial charge in [-0.3, -0.25) is 14.1 Å². The Hall–Kier alpha value is 0.550. The van der Waals surface area contributed by atoms with Crippen LogP contribution < -0.4 is 35.3 Å². The summed E-state index contributed by atoms with van der Waals surface area (Å²) in [6.07, 6.45) is 0.471. The summed E-state index contributed by atoms with van der Waals surface area (Å²) in [6, 6.07) is 0. The number of nitrogens with two attached hydrogens (primary N) is 1. The number of thiol groups is 2. The predicted molar refractivity (Wildman–Crippen MR) is 74.5 cm³/mol. The fourth-order valence-electron chi connectivity index (χ4n) is 0.258. The average Bonchev–Trinajstić information content (AvgIpc) is 2.00. The molecule has 0 heterocycles. The molecule has 0 aromatic rings. The van der Waals surface area contributed by atoms with Crippen molar-refractivity contribution in [2.45, 2.75) is 13.3 Å². The van der Waals surface area contributed by atoms with Crippen LogP contribution in [-0.2, 0) is 10.1 Å². The van der Waals surface area contributed by atoms with Gasteiger partial charge in [0.15, 0.2) is 0 Å². The summed E-state index contributed by atoms with van der Waals surface area (Å²) in [5.41, 5.74) is 4.34. The van der Waals surface area contributed by atoms with Gasteiger partial charge in [-0.1, -0.05) is 32.2 Å². The first-order valence-corrected chi connectivity index (χ1v) is 6.78. The molecule has 0 aliphatic rings. The standard InChI is InChI=1S/C3H7NOS.C3H8O3S.CH3NOS.Na.H/c1-4(2)3(5)6;1-2-3-7(4,5)6;2-1(3)4;;/h1-2H3,(H,5,6);2-3H2,1H3,(H,4,5,6);(H3,2,3,4);;/q;;;+1;-1. The zero-order chi connectivity index (χ0) is 14.6. The number of primary amides is 1. The van der Waals surface area contributed by atoms with Crippen molar-refractivity contribution in [3.05, 3.63) is 0 Å². The minimum absolute atomic E-state index is 0. The van der Waals surface area contributed by atoms with E-state index < -0.39 is 15.4 Å². The van der Waals surface area contributed by atoms with Gasteiger partial charge in [0.25, 0.3) is 20.6 Å². The van der Waals surface area contributed by atoms with E-state index in [-0.39, 0.29) is 42.0 Å². The smallest absolute Gasteiger partial charge is 1.00 e. The van der Waals surface area contributed by atoms with Gasteiger partial charge in [-0.15, -0.1) is 0 Å². The topological polar surface area (TPSA) is 118 Å². The minimum atomic E-state index is -3.67. The Kier molecular flexibility index (Phi) is 23.4. The third-order valence-electron chi connectivity index (χ3n) is 0.845. The Morgan fingerprint density at radius 1 is 1.33 bits per heavy atom. The maximum Gasteiger partial charge on any atom is 1.00 e. The van der Waals surface area contributed by atoms with E-state index in [2.05, 4.69) is 31.0 Å². The molecule has 0 aromatic heterocycles. The molecular weight excluding hydrogens is 311 g/mol. The summed E-state index contributed by atoms with van der Waals surface area (Å²) in [4.78, 5) is 20.4. The first-order valence-electron chi connectivity index (χ1n) is 4.27. The second kappa shape index (κ2) is 15.6. The number of carbonyl (C=O) groups excluding carboxylic acids is 2. The van der Waals surface area contributed by atoms with E-state index in [1.165, 1.54) is 4.90 Å². The molecule has 2 amide bonds. The molecule has 0 aromatic carbocycles. The molecule has 0 saturated heterocycles. The monoisotopic (exact) mass is 330 g/mol. The largest absolute Gasteiger partial charge is 1.00 e. The number of hydrogen-bond acceptors (Lipinski definition) is 4. The molecule has 0 rings (SSSR count). The van der Waals surface area contributed by atoms with Gasteiger partial charge in [0.05, 0.1) is 5.75 Å². The Morgan fingerprint density at radius 2 is 1.56 bits per heavy atom. The van der Waals surface area contributed by atoms with E-state index in [4.69, 9.17) is 9.35 Å². The maximum atomic E-state index is 9.93. The molecule has 0 unspecified atom stereocenters. The van der Waals surface area contributed by atoms with E-state index in [1.54, 1.807) is 21.0 Å². The van der Waals surface area contributed by atoms with Crippen molar-refractivity contribution < 1.29 is 53.5 Å². The fraction of sp³-hybridized carbons (Fsp3) is 0.714. The summed E-state index contributed by atoms with van der Waals surface area (Å²) in [5.74, 6) is -0.132. The second-order valence-corrected chi connectivity index (χ2v) is 5.20. The van der Waals surface area contributed by atoms with Crippen LogP contribution in [0.5, 0.6) is 0 Å². The molecule has 0 spiro atoms. The van der Waals surface area contributed by atoms with Crippen LogP contribution in [0.1, 0.15) is 14.8 Å². The molecule has 0 aliphatic carbocycles. The van der Waals surface area contributed by atoms with Gasteiger partial charge >= 0.3 is 29.6 Å². The number of amides is 2. The van der Waals surface area contributed by atoms with Crippen LogP contribution in [0.2, 0.25) is 0 Å². The molecule has 0 radical (unpaired) electrons. The van der Waals surface area contributed by atoms with Gasteiger partial charge in [-0.2, -0.15) is 8.42 Å². The van der Waals surface area contributed by atoms with Crippen molar-refractivity contribution in [2.24, 2.45) is 5.73 Å². The summed E-state index contributed by atoms with van der Waals surface area (Å²) >= 11 is 6.58. The third-order valence-corrected chi connectivity index (χ3v) is 2.17. The zero-order valence-corrected chi connectivity index (χ0v) is 15.4. The average molecular weight is 330 g/mol. The quantitative estimate of drug-likeness (QED) is 0.265. The SMILES string of the molecule is CCCS(=O)(=O)O.CN(C)C(=O)S.NC(=O)S.[H-].[Na+]. The van der Waals surface area contributed by atoms with Gasteiger partial charge in [0.2, 0.25) is 0 Å². The molecule has 106 valence electrons. The van der Waals surface area contributed by atoms with Gasteiger partial charge in [-0.25, -0.2) is 0 Å². The third kappa shape index (κ3) is 54.7. The molecule has 0 bridgehead atoms. The van der Waals surface area contributed by atoms with Crippen LogP contribution in [0.15, 0.2) is 0 Å². The van der Waals surface area contributed by atoms with Crippen LogP contribution in [-0.4, -0.2) is 48.2 Å². The summed E-state index contributed by atoms with van der Waals surface area (Å²) in [6.45, 7) is 1.69. The van der Waals surface area contributed by atoms with Crippen molar-refractivity contribution in [1.82, 2.24) is 4.90 Å². The van der Waals surface area contributed by atoms with Crippen LogP contribution >= 0.6 is 25.3 Å². The Bertz CT molecular complexity index is 323. The van der Waals surface area contributed by atoms with Crippen molar-refractivity contribution in [2.75, 3.05) is 19.8 Å². The number of rotatable bonds is 2. The Labute approximate surface area is 142 Å². The van der Waals surface area contributed by atoms with Crippen molar-refractivity contribution in [3.8, 4) is 0 Å². The van der Waals surface area contributed by atoms with Crippen LogP contribution in [0.3, 0.4) is 0 Å². The van der Waals surface area contributed by atoms with Gasteiger partial charge in [0, 0.05) is 14.1 Å². The van der Waals surface area contributed by atoms with Crippen LogP contribution in [0, 0.1) is 0 Å². The number of nitrogens with zero attached hydrogens (tertiary/aromatic N) is 1. The van der Waals surface area contributed by atoms with E-state index in [1.807, 2.05) is 0 Å². The molecule has 0 aliphatic heterocycles. The van der Waals surface area contributed by atoms with Crippen molar-refractivity contribution >= 4 is 45.9 Å². The number of carbonyl (C=O) groups is 2. The Balaban J connectivity index is -0.0000000506. The van der Waals surface area contributed by atoms with Crippen LogP contribution in [0.4, 0.5) is 9.59 Å². The van der Waals surface area contributed by atoms with Crippen molar-refractivity contribution in [1.29, 1.82) is 0 Å². The molecule has 18 heavy (non-hydrogen) atoms. The first kappa shape index (κ1) is 27.0. The second-order valence-electron chi connectivity index (χ2n) is 2.80. The van der Waals surface area contributed by atoms with E-state index in [0.29, 0.717) is 6.42 Å². The fourth-order valence-corrected chi connectivity index (χ4v) is 0.774. The first-order chi connectivity index (χ1) is 7.44. The molecule has 0 fully saturated rings. The Morgan fingerprint density at radius 3 is 1.56 bits per heavy atom. The summed E-state index contributed by atoms with van der Waals surface area (Å²) < 4.78 is 27.6. The normalized spacial score (nSPS) is 8.56. The molecule has 3 N–H and O–H groups in total. The summed E-state index contributed by atoms with van der Waals surface area (Å²) in [5, 5.41) is -0.852. The molecule has 0 saturated carbocycles.